The lowest BCUT2D eigenvalue weighted by Gasteiger charge is -2.16. The molecular formula is C13H18N2O. The van der Waals surface area contributed by atoms with Gasteiger partial charge >= 0.3 is 0 Å². The average molecular weight is 218 g/mol. The molecule has 0 spiro atoms. The number of para-hydroxylation sites is 1. The van der Waals surface area contributed by atoms with Crippen LogP contribution in [0.15, 0.2) is 36.4 Å². The monoisotopic (exact) mass is 218 g/mol. The second-order valence-corrected chi connectivity index (χ2v) is 3.90. The highest BCUT2D eigenvalue weighted by molar-refractivity contribution is 5.33. The molecule has 2 N–H and O–H groups in total. The molecule has 0 atom stereocenters. The molecule has 86 valence electrons. The highest BCUT2D eigenvalue weighted by atomic mass is 16.5. The van der Waals surface area contributed by atoms with Crippen molar-refractivity contribution in [3.05, 3.63) is 42.0 Å². The van der Waals surface area contributed by atoms with Gasteiger partial charge in [0.15, 0.2) is 0 Å². The molecule has 0 saturated heterocycles. The van der Waals surface area contributed by atoms with Crippen molar-refractivity contribution >= 4 is 0 Å². The van der Waals surface area contributed by atoms with Gasteiger partial charge in [-0.15, -0.1) is 0 Å². The van der Waals surface area contributed by atoms with Gasteiger partial charge in [0.1, 0.15) is 12.4 Å². The average Bonchev–Trinajstić information content (AvgIpc) is 2.51. The number of ether oxygens (including phenoxy) is 1. The molecule has 0 bridgehead atoms. The lowest BCUT2D eigenvalue weighted by molar-refractivity contribution is 0.242. The first-order chi connectivity index (χ1) is 7.90. The summed E-state index contributed by atoms with van der Waals surface area (Å²) in [6, 6.07) is 8.24. The van der Waals surface area contributed by atoms with Crippen molar-refractivity contribution < 1.29 is 4.74 Å². The molecule has 1 aromatic carbocycles. The Balaban J connectivity index is 2.02. The number of rotatable bonds is 3. The van der Waals surface area contributed by atoms with Gasteiger partial charge in [0.25, 0.3) is 0 Å². The first kappa shape index (κ1) is 11.2. The molecule has 0 saturated carbocycles. The largest absolute Gasteiger partial charge is 0.492 e. The molecule has 1 aliphatic heterocycles. The fraction of sp³-hybridized carbons (Fsp3) is 0.385. The molecule has 1 heterocycles. The molecule has 1 aromatic rings. The van der Waals surface area contributed by atoms with Crippen molar-refractivity contribution in [2.24, 2.45) is 5.73 Å². The molecule has 16 heavy (non-hydrogen) atoms. The Kier molecular flexibility index (Phi) is 3.97. The number of fused-ring (bicyclic) bond motifs is 1. The van der Waals surface area contributed by atoms with E-state index in [9.17, 15) is 0 Å². The van der Waals surface area contributed by atoms with Gasteiger partial charge in [-0.25, -0.2) is 0 Å². The first-order valence-corrected chi connectivity index (χ1v) is 5.68. The van der Waals surface area contributed by atoms with Crippen molar-refractivity contribution in [2.75, 3.05) is 26.2 Å². The SMILES string of the molecule is NCC=CCN1CCOc2ccccc2C1. The second-order valence-electron chi connectivity index (χ2n) is 3.90. The number of nitrogens with zero attached hydrogens (tertiary/aromatic N) is 1. The van der Waals surface area contributed by atoms with E-state index in [0.717, 1.165) is 32.0 Å². The summed E-state index contributed by atoms with van der Waals surface area (Å²) in [5, 5.41) is 0. The van der Waals surface area contributed by atoms with Gasteiger partial charge in [0.05, 0.1) is 0 Å². The molecule has 0 aliphatic carbocycles. The molecule has 1 aliphatic rings. The third kappa shape index (κ3) is 2.84. The standard InChI is InChI=1S/C13H18N2O/c14-7-3-4-8-15-9-10-16-13-6-2-1-5-12(13)11-15/h1-6H,7-11,14H2. The van der Waals surface area contributed by atoms with Gasteiger partial charge in [0.2, 0.25) is 0 Å². The maximum atomic E-state index is 5.69. The third-order valence-electron chi connectivity index (χ3n) is 2.70. The number of hydrogen-bond acceptors (Lipinski definition) is 3. The molecular weight excluding hydrogens is 200 g/mol. The van der Waals surface area contributed by atoms with E-state index < -0.39 is 0 Å². The Morgan fingerprint density at radius 3 is 3.06 bits per heavy atom. The van der Waals surface area contributed by atoms with Crippen LogP contribution in [-0.4, -0.2) is 31.1 Å². The number of hydrogen-bond donors (Lipinski definition) is 1. The summed E-state index contributed by atoms with van der Waals surface area (Å²) in [7, 11) is 0. The van der Waals surface area contributed by atoms with Crippen LogP contribution in [0.5, 0.6) is 5.75 Å². The van der Waals surface area contributed by atoms with Crippen LogP contribution in [0.3, 0.4) is 0 Å². The summed E-state index contributed by atoms with van der Waals surface area (Å²) in [5.74, 6) is 1.02. The quantitative estimate of drug-likeness (QED) is 0.779. The molecule has 3 heteroatoms. The smallest absolute Gasteiger partial charge is 0.123 e. The van der Waals surface area contributed by atoms with Gasteiger partial charge in [0, 0.05) is 31.7 Å². The van der Waals surface area contributed by atoms with E-state index in [1.54, 1.807) is 0 Å². The van der Waals surface area contributed by atoms with Crippen molar-refractivity contribution in [3.63, 3.8) is 0 Å². The summed E-state index contributed by atoms with van der Waals surface area (Å²) < 4.78 is 5.69. The predicted molar refractivity (Wildman–Crippen MR) is 65.4 cm³/mol. The Hall–Kier alpha value is -1.32. The van der Waals surface area contributed by atoms with E-state index in [-0.39, 0.29) is 0 Å². The number of benzene rings is 1. The van der Waals surface area contributed by atoms with Crippen LogP contribution in [0, 0.1) is 0 Å². The fourth-order valence-electron chi connectivity index (χ4n) is 1.86. The van der Waals surface area contributed by atoms with E-state index in [0.29, 0.717) is 6.54 Å². The zero-order valence-electron chi connectivity index (χ0n) is 9.43. The maximum Gasteiger partial charge on any atom is 0.123 e. The Bertz CT molecular complexity index is 363. The van der Waals surface area contributed by atoms with Crippen LogP contribution in [0.25, 0.3) is 0 Å². The number of nitrogens with two attached hydrogens (primary N) is 1. The van der Waals surface area contributed by atoms with Crippen molar-refractivity contribution in [3.8, 4) is 5.75 Å². The Labute approximate surface area is 96.5 Å². The van der Waals surface area contributed by atoms with Crippen LogP contribution in [0.4, 0.5) is 0 Å². The summed E-state index contributed by atoms with van der Waals surface area (Å²) >= 11 is 0. The van der Waals surface area contributed by atoms with Gasteiger partial charge in [-0.1, -0.05) is 30.4 Å². The molecule has 0 radical (unpaired) electrons. The van der Waals surface area contributed by atoms with Crippen LogP contribution < -0.4 is 10.5 Å². The van der Waals surface area contributed by atoms with Gasteiger partial charge in [-0.3, -0.25) is 4.90 Å². The summed E-state index contributed by atoms with van der Waals surface area (Å²) in [5.41, 5.74) is 6.69. The Morgan fingerprint density at radius 2 is 2.19 bits per heavy atom. The van der Waals surface area contributed by atoms with Crippen LogP contribution in [0.2, 0.25) is 0 Å². The minimum Gasteiger partial charge on any atom is -0.492 e. The summed E-state index contributed by atoms with van der Waals surface area (Å²) in [6.45, 7) is 4.22. The summed E-state index contributed by atoms with van der Waals surface area (Å²) in [6.07, 6.45) is 4.12. The van der Waals surface area contributed by atoms with Crippen LogP contribution in [-0.2, 0) is 6.54 Å². The van der Waals surface area contributed by atoms with Crippen LogP contribution >= 0.6 is 0 Å². The molecule has 0 amide bonds. The normalized spacial score (nSPS) is 16.8. The van der Waals surface area contributed by atoms with Crippen molar-refractivity contribution in [1.82, 2.24) is 4.90 Å². The molecule has 0 unspecified atom stereocenters. The fourth-order valence-corrected chi connectivity index (χ4v) is 1.86. The van der Waals surface area contributed by atoms with E-state index in [4.69, 9.17) is 10.5 Å². The maximum absolute atomic E-state index is 5.69. The van der Waals surface area contributed by atoms with E-state index in [1.807, 2.05) is 18.2 Å². The molecule has 0 fully saturated rings. The topological polar surface area (TPSA) is 38.5 Å². The van der Waals surface area contributed by atoms with Crippen molar-refractivity contribution in [2.45, 2.75) is 6.54 Å². The lowest BCUT2D eigenvalue weighted by Crippen LogP contribution is -2.25. The van der Waals surface area contributed by atoms with Crippen LogP contribution in [0.1, 0.15) is 5.56 Å². The predicted octanol–water partition coefficient (Wildman–Crippen LogP) is 1.40. The zero-order valence-corrected chi connectivity index (χ0v) is 9.43. The lowest BCUT2D eigenvalue weighted by atomic mass is 10.2. The Morgan fingerprint density at radius 1 is 1.31 bits per heavy atom. The minimum atomic E-state index is 0.612. The zero-order chi connectivity index (χ0) is 11.2. The van der Waals surface area contributed by atoms with Gasteiger partial charge in [-0.05, 0) is 6.07 Å². The van der Waals surface area contributed by atoms with Gasteiger partial charge < -0.3 is 10.5 Å². The third-order valence-corrected chi connectivity index (χ3v) is 2.70. The highest BCUT2D eigenvalue weighted by Crippen LogP contribution is 2.22. The molecule has 2 rings (SSSR count). The van der Waals surface area contributed by atoms with Gasteiger partial charge in [-0.2, -0.15) is 0 Å². The summed E-state index contributed by atoms with van der Waals surface area (Å²) in [4.78, 5) is 2.36. The van der Waals surface area contributed by atoms with E-state index >= 15 is 0 Å². The first-order valence-electron chi connectivity index (χ1n) is 5.68. The molecule has 0 aromatic heterocycles. The minimum absolute atomic E-state index is 0.612. The molecule has 3 nitrogen and oxygen atoms in total. The highest BCUT2D eigenvalue weighted by Gasteiger charge is 2.12. The van der Waals surface area contributed by atoms with E-state index in [1.165, 1.54) is 5.56 Å². The second kappa shape index (κ2) is 5.68. The van der Waals surface area contributed by atoms with E-state index in [2.05, 4.69) is 23.1 Å². The van der Waals surface area contributed by atoms with Crippen molar-refractivity contribution in [1.29, 1.82) is 0 Å².